The molecule has 2 heterocycles. The van der Waals surface area contributed by atoms with Crippen LogP contribution in [0.5, 0.6) is 0 Å². The summed E-state index contributed by atoms with van der Waals surface area (Å²) in [7, 11) is 0. The van der Waals surface area contributed by atoms with Crippen molar-refractivity contribution in [1.29, 1.82) is 0 Å². The van der Waals surface area contributed by atoms with E-state index < -0.39 is 0 Å². The summed E-state index contributed by atoms with van der Waals surface area (Å²) in [4.78, 5) is 12.2. The first kappa shape index (κ1) is 14.6. The number of aromatic nitrogens is 2. The van der Waals surface area contributed by atoms with Gasteiger partial charge >= 0.3 is 0 Å². The topological polar surface area (TPSA) is 41.1 Å². The fourth-order valence-electron chi connectivity index (χ4n) is 3.22. The Morgan fingerprint density at radius 2 is 2.00 bits per heavy atom. The summed E-state index contributed by atoms with van der Waals surface area (Å²) in [6.45, 7) is 12.1. The zero-order valence-electron chi connectivity index (χ0n) is 13.8. The van der Waals surface area contributed by atoms with Crippen molar-refractivity contribution in [3.8, 4) is 0 Å². The molecule has 0 radical (unpaired) electrons. The summed E-state index contributed by atoms with van der Waals surface area (Å²) >= 11 is 0. The predicted molar refractivity (Wildman–Crippen MR) is 88.1 cm³/mol. The van der Waals surface area contributed by atoms with Crippen LogP contribution in [0.15, 0.2) is 0 Å². The molecule has 0 amide bonds. The van der Waals surface area contributed by atoms with Crippen LogP contribution in [0.3, 0.4) is 0 Å². The van der Waals surface area contributed by atoms with Gasteiger partial charge in [0.05, 0.1) is 0 Å². The molecule has 1 aliphatic carbocycles. The quantitative estimate of drug-likeness (QED) is 0.899. The van der Waals surface area contributed by atoms with Crippen molar-refractivity contribution in [3.63, 3.8) is 0 Å². The normalized spacial score (nSPS) is 22.1. The van der Waals surface area contributed by atoms with Gasteiger partial charge in [-0.2, -0.15) is 0 Å². The molecule has 2 aliphatic rings. The molecule has 1 N–H and O–H groups in total. The highest BCUT2D eigenvalue weighted by molar-refractivity contribution is 5.59. The van der Waals surface area contributed by atoms with Gasteiger partial charge in [0, 0.05) is 31.1 Å². The Balaban J connectivity index is 1.89. The molecule has 1 aromatic rings. The zero-order valence-corrected chi connectivity index (χ0v) is 13.8. The Morgan fingerprint density at radius 3 is 2.57 bits per heavy atom. The van der Waals surface area contributed by atoms with E-state index >= 15 is 0 Å². The molecule has 3 rings (SSSR count). The molecule has 0 aromatic carbocycles. The summed E-state index contributed by atoms with van der Waals surface area (Å²) in [5.41, 5.74) is 1.21. The van der Waals surface area contributed by atoms with Gasteiger partial charge in [-0.1, -0.05) is 13.8 Å². The average Bonchev–Trinajstić information content (AvgIpc) is 3.18. The van der Waals surface area contributed by atoms with Crippen molar-refractivity contribution in [3.05, 3.63) is 11.4 Å². The number of nitrogens with zero attached hydrogens (tertiary/aromatic N) is 3. The third-order valence-corrected chi connectivity index (χ3v) is 4.89. The van der Waals surface area contributed by atoms with Crippen LogP contribution in [-0.4, -0.2) is 29.6 Å². The van der Waals surface area contributed by atoms with E-state index in [4.69, 9.17) is 9.97 Å². The van der Waals surface area contributed by atoms with Crippen molar-refractivity contribution in [1.82, 2.24) is 9.97 Å². The van der Waals surface area contributed by atoms with Crippen LogP contribution in [0.25, 0.3) is 0 Å². The minimum atomic E-state index is 0.602. The molecule has 1 unspecified atom stereocenters. The van der Waals surface area contributed by atoms with Gasteiger partial charge in [-0.25, -0.2) is 9.97 Å². The van der Waals surface area contributed by atoms with Gasteiger partial charge in [-0.05, 0) is 44.9 Å². The number of hydrogen-bond donors (Lipinski definition) is 1. The summed E-state index contributed by atoms with van der Waals surface area (Å²) < 4.78 is 0. The maximum Gasteiger partial charge on any atom is 0.137 e. The maximum absolute atomic E-state index is 4.93. The second kappa shape index (κ2) is 5.82. The van der Waals surface area contributed by atoms with Crippen LogP contribution >= 0.6 is 0 Å². The Bertz CT molecular complexity index is 508. The van der Waals surface area contributed by atoms with E-state index in [9.17, 15) is 0 Å². The lowest BCUT2D eigenvalue weighted by Crippen LogP contribution is -2.24. The van der Waals surface area contributed by atoms with Gasteiger partial charge in [0.2, 0.25) is 0 Å². The van der Waals surface area contributed by atoms with Crippen LogP contribution in [-0.2, 0) is 0 Å². The Labute approximate surface area is 128 Å². The van der Waals surface area contributed by atoms with Gasteiger partial charge < -0.3 is 10.2 Å². The van der Waals surface area contributed by atoms with Gasteiger partial charge in [0.15, 0.2) is 0 Å². The molecule has 0 bridgehead atoms. The lowest BCUT2D eigenvalue weighted by Gasteiger charge is -2.23. The monoisotopic (exact) mass is 288 g/mol. The molecule has 1 aromatic heterocycles. The average molecular weight is 288 g/mol. The molecule has 1 aliphatic heterocycles. The van der Waals surface area contributed by atoms with E-state index in [1.165, 1.54) is 30.6 Å². The molecular formula is C17H28N4. The van der Waals surface area contributed by atoms with E-state index in [1.54, 1.807) is 0 Å². The first-order chi connectivity index (χ1) is 10.1. The molecule has 1 saturated carbocycles. The van der Waals surface area contributed by atoms with E-state index in [2.05, 4.69) is 37.9 Å². The van der Waals surface area contributed by atoms with Crippen LogP contribution in [0, 0.1) is 18.8 Å². The maximum atomic E-state index is 4.93. The molecule has 4 nitrogen and oxygen atoms in total. The minimum Gasteiger partial charge on any atom is -0.370 e. The molecule has 2 fully saturated rings. The fraction of sp³-hybridized carbons (Fsp3) is 0.765. The highest BCUT2D eigenvalue weighted by Crippen LogP contribution is 2.40. The Hall–Kier alpha value is -1.32. The second-order valence-corrected chi connectivity index (χ2v) is 6.92. The van der Waals surface area contributed by atoms with Crippen molar-refractivity contribution >= 4 is 11.6 Å². The van der Waals surface area contributed by atoms with E-state index in [0.29, 0.717) is 5.92 Å². The summed E-state index contributed by atoms with van der Waals surface area (Å²) in [5, 5.41) is 3.42. The molecule has 1 atom stereocenters. The fourth-order valence-corrected chi connectivity index (χ4v) is 3.22. The van der Waals surface area contributed by atoms with Crippen molar-refractivity contribution < 1.29 is 0 Å². The molecular weight excluding hydrogens is 260 g/mol. The van der Waals surface area contributed by atoms with Crippen LogP contribution in [0.4, 0.5) is 11.6 Å². The van der Waals surface area contributed by atoms with Crippen molar-refractivity contribution in [2.45, 2.75) is 52.9 Å². The SMILES string of the molecule is CCNc1nc(C2CC2)nc(N2CCC(C(C)C)C2)c1C. The molecule has 1 saturated heterocycles. The van der Waals surface area contributed by atoms with Crippen molar-refractivity contribution in [2.24, 2.45) is 11.8 Å². The summed E-state index contributed by atoms with van der Waals surface area (Å²) in [5.74, 6) is 5.42. The highest BCUT2D eigenvalue weighted by Gasteiger charge is 2.31. The number of hydrogen-bond acceptors (Lipinski definition) is 4. The van der Waals surface area contributed by atoms with Gasteiger partial charge in [0.1, 0.15) is 17.5 Å². The van der Waals surface area contributed by atoms with E-state index in [1.807, 2.05) is 0 Å². The smallest absolute Gasteiger partial charge is 0.137 e. The molecule has 0 spiro atoms. The Morgan fingerprint density at radius 1 is 1.24 bits per heavy atom. The number of anilines is 2. The first-order valence-corrected chi connectivity index (χ1v) is 8.47. The number of rotatable bonds is 5. The second-order valence-electron chi connectivity index (χ2n) is 6.92. The van der Waals surface area contributed by atoms with E-state index in [-0.39, 0.29) is 0 Å². The number of nitrogens with one attached hydrogen (secondary N) is 1. The summed E-state index contributed by atoms with van der Waals surface area (Å²) in [6, 6.07) is 0. The highest BCUT2D eigenvalue weighted by atomic mass is 15.2. The van der Waals surface area contributed by atoms with Crippen LogP contribution < -0.4 is 10.2 Å². The molecule has 21 heavy (non-hydrogen) atoms. The predicted octanol–water partition coefficient (Wildman–Crippen LogP) is 3.58. The van der Waals surface area contributed by atoms with Crippen LogP contribution in [0.1, 0.15) is 57.3 Å². The van der Waals surface area contributed by atoms with E-state index in [0.717, 1.165) is 43.1 Å². The Kier molecular flexibility index (Phi) is 4.05. The first-order valence-electron chi connectivity index (χ1n) is 8.47. The largest absolute Gasteiger partial charge is 0.370 e. The standard InChI is InChI=1S/C17H28N4/c1-5-18-15-12(4)17(20-16(19-15)13-6-7-13)21-9-8-14(10-21)11(2)3/h11,13-14H,5-10H2,1-4H3,(H,18,19,20). The minimum absolute atomic E-state index is 0.602. The van der Waals surface area contributed by atoms with Crippen LogP contribution in [0.2, 0.25) is 0 Å². The zero-order chi connectivity index (χ0) is 15.0. The third kappa shape index (κ3) is 2.99. The molecule has 116 valence electrons. The van der Waals surface area contributed by atoms with Gasteiger partial charge in [-0.15, -0.1) is 0 Å². The van der Waals surface area contributed by atoms with Crippen molar-refractivity contribution in [2.75, 3.05) is 29.9 Å². The lowest BCUT2D eigenvalue weighted by atomic mass is 9.95. The van der Waals surface area contributed by atoms with Gasteiger partial charge in [-0.3, -0.25) is 0 Å². The lowest BCUT2D eigenvalue weighted by molar-refractivity contribution is 0.422. The molecule has 4 heteroatoms. The van der Waals surface area contributed by atoms with Gasteiger partial charge in [0.25, 0.3) is 0 Å². The third-order valence-electron chi connectivity index (χ3n) is 4.89. The summed E-state index contributed by atoms with van der Waals surface area (Å²) in [6.07, 6.45) is 3.79.